The summed E-state index contributed by atoms with van der Waals surface area (Å²) >= 11 is 0. The molecule has 1 aliphatic rings. The number of esters is 3. The molecule has 3 atom stereocenters. The van der Waals surface area contributed by atoms with Gasteiger partial charge in [0.1, 0.15) is 6.10 Å². The topological polar surface area (TPSA) is 90.9 Å². The largest absolute Gasteiger partial charge is 0.458 e. The highest BCUT2D eigenvalue weighted by Crippen LogP contribution is 2.18. The molecule has 1 fully saturated rings. The van der Waals surface area contributed by atoms with Crippen molar-refractivity contribution in [3.8, 4) is 0 Å². The van der Waals surface area contributed by atoms with Crippen LogP contribution in [-0.2, 0) is 28.6 Å². The van der Waals surface area contributed by atoms with Gasteiger partial charge in [0.2, 0.25) is 0 Å². The third kappa shape index (κ3) is 5.25. The summed E-state index contributed by atoms with van der Waals surface area (Å²) in [5.41, 5.74) is 0. The molecule has 1 heterocycles. The summed E-state index contributed by atoms with van der Waals surface area (Å²) in [6.07, 6.45) is -1.61. The molecule has 7 nitrogen and oxygen atoms in total. The van der Waals surface area contributed by atoms with Crippen LogP contribution in [0.1, 0.15) is 27.2 Å². The van der Waals surface area contributed by atoms with Gasteiger partial charge in [0.15, 0.2) is 12.2 Å². The highest BCUT2D eigenvalue weighted by molar-refractivity contribution is 5.68. The zero-order valence-corrected chi connectivity index (χ0v) is 11.3. The van der Waals surface area contributed by atoms with Crippen LogP contribution < -0.4 is 5.32 Å². The number of rotatable bonds is 3. The van der Waals surface area contributed by atoms with Gasteiger partial charge in [-0.25, -0.2) is 0 Å². The molecule has 1 saturated heterocycles. The van der Waals surface area contributed by atoms with Crippen LogP contribution in [0.5, 0.6) is 0 Å². The van der Waals surface area contributed by atoms with E-state index in [1.54, 1.807) is 0 Å². The van der Waals surface area contributed by atoms with Gasteiger partial charge in [-0.3, -0.25) is 14.4 Å². The maximum Gasteiger partial charge on any atom is 0.303 e. The maximum atomic E-state index is 11.2. The van der Waals surface area contributed by atoms with Crippen molar-refractivity contribution in [3.05, 3.63) is 0 Å². The van der Waals surface area contributed by atoms with Gasteiger partial charge in [-0.1, -0.05) is 0 Å². The summed E-state index contributed by atoms with van der Waals surface area (Å²) in [4.78, 5) is 33.3. The maximum absolute atomic E-state index is 11.2. The van der Waals surface area contributed by atoms with E-state index in [9.17, 15) is 14.4 Å². The van der Waals surface area contributed by atoms with Crippen molar-refractivity contribution < 1.29 is 28.6 Å². The van der Waals surface area contributed by atoms with Crippen molar-refractivity contribution >= 4 is 17.9 Å². The first kappa shape index (κ1) is 15.4. The summed E-state index contributed by atoms with van der Waals surface area (Å²) in [6.45, 7) is 4.73. The van der Waals surface area contributed by atoms with Gasteiger partial charge in [-0.05, 0) is 6.54 Å². The van der Waals surface area contributed by atoms with E-state index in [0.29, 0.717) is 19.5 Å². The van der Waals surface area contributed by atoms with E-state index in [2.05, 4.69) is 5.32 Å². The van der Waals surface area contributed by atoms with Crippen LogP contribution in [0.3, 0.4) is 0 Å². The van der Waals surface area contributed by atoms with Crippen LogP contribution in [0.15, 0.2) is 0 Å². The Morgan fingerprint density at radius 3 is 1.95 bits per heavy atom. The minimum absolute atomic E-state index is 0.343. The van der Waals surface area contributed by atoms with E-state index in [-0.39, 0.29) is 0 Å². The van der Waals surface area contributed by atoms with Crippen LogP contribution >= 0.6 is 0 Å². The van der Waals surface area contributed by atoms with Crippen LogP contribution in [0.25, 0.3) is 0 Å². The molecule has 1 aliphatic heterocycles. The van der Waals surface area contributed by atoms with Crippen molar-refractivity contribution in [2.45, 2.75) is 45.5 Å². The summed E-state index contributed by atoms with van der Waals surface area (Å²) in [5, 5.41) is 3.05. The highest BCUT2D eigenvalue weighted by atomic mass is 16.6. The second-order valence-corrected chi connectivity index (χ2v) is 4.36. The molecule has 0 spiro atoms. The summed E-state index contributed by atoms with van der Waals surface area (Å²) in [6, 6.07) is 0. The highest BCUT2D eigenvalue weighted by Gasteiger charge is 2.38. The Hall–Kier alpha value is -1.63. The molecule has 0 aromatic heterocycles. The lowest BCUT2D eigenvalue weighted by Gasteiger charge is -2.29. The van der Waals surface area contributed by atoms with Crippen LogP contribution in [0.2, 0.25) is 0 Å². The van der Waals surface area contributed by atoms with Gasteiger partial charge in [-0.15, -0.1) is 0 Å². The lowest BCUT2D eigenvalue weighted by Crippen LogP contribution is -2.46. The van der Waals surface area contributed by atoms with Crippen LogP contribution in [0, 0.1) is 0 Å². The molecular formula is C12H19NO6. The van der Waals surface area contributed by atoms with Crippen molar-refractivity contribution in [1.29, 1.82) is 0 Å². The number of hydrogen-bond acceptors (Lipinski definition) is 7. The van der Waals surface area contributed by atoms with Crippen LogP contribution in [-0.4, -0.2) is 49.3 Å². The van der Waals surface area contributed by atoms with E-state index >= 15 is 0 Å². The van der Waals surface area contributed by atoms with Crippen molar-refractivity contribution in [3.63, 3.8) is 0 Å². The van der Waals surface area contributed by atoms with Gasteiger partial charge >= 0.3 is 17.9 Å². The molecule has 0 amide bonds. The smallest absolute Gasteiger partial charge is 0.303 e. The predicted molar refractivity (Wildman–Crippen MR) is 64.1 cm³/mol. The van der Waals surface area contributed by atoms with E-state index in [1.165, 1.54) is 20.8 Å². The number of ether oxygens (including phenoxy) is 3. The van der Waals surface area contributed by atoms with Gasteiger partial charge in [0.05, 0.1) is 0 Å². The first-order valence-electron chi connectivity index (χ1n) is 6.12. The minimum atomic E-state index is -0.791. The number of hydrogen-bond donors (Lipinski definition) is 1. The van der Waals surface area contributed by atoms with Crippen molar-refractivity contribution in [1.82, 2.24) is 5.32 Å². The number of carbonyl (C=O) groups is 3. The SMILES string of the molecule is CC(=O)O[C@@H]1[C@@H](OC(C)=O)CNCC[C@H]1OC(C)=O. The Kier molecular flexibility index (Phi) is 5.75. The van der Waals surface area contributed by atoms with Crippen molar-refractivity contribution in [2.75, 3.05) is 13.1 Å². The standard InChI is InChI=1S/C12H19NO6/c1-7(14)17-10-4-5-13-6-11(18-8(2)15)12(10)19-9(3)16/h10-13H,4-6H2,1-3H3/t10-,11+,12+/m1/s1. The van der Waals surface area contributed by atoms with E-state index in [4.69, 9.17) is 14.2 Å². The molecule has 0 bridgehead atoms. The zero-order valence-electron chi connectivity index (χ0n) is 11.3. The Bertz CT molecular complexity index is 330. The van der Waals surface area contributed by atoms with E-state index in [1.807, 2.05) is 0 Å². The minimum Gasteiger partial charge on any atom is -0.458 e. The molecule has 0 aromatic carbocycles. The fraction of sp³-hybridized carbons (Fsp3) is 0.750. The zero-order chi connectivity index (χ0) is 14.4. The van der Waals surface area contributed by atoms with Gasteiger partial charge in [-0.2, -0.15) is 0 Å². The molecule has 0 unspecified atom stereocenters. The molecule has 1 rings (SSSR count). The van der Waals surface area contributed by atoms with Gasteiger partial charge in [0, 0.05) is 33.7 Å². The van der Waals surface area contributed by atoms with E-state index in [0.717, 1.165) is 0 Å². The van der Waals surface area contributed by atoms with Gasteiger partial charge < -0.3 is 19.5 Å². The fourth-order valence-corrected chi connectivity index (χ4v) is 2.01. The lowest BCUT2D eigenvalue weighted by molar-refractivity contribution is -0.181. The second-order valence-electron chi connectivity index (χ2n) is 4.36. The normalized spacial score (nSPS) is 27.0. The van der Waals surface area contributed by atoms with Crippen molar-refractivity contribution in [2.24, 2.45) is 0 Å². The molecule has 7 heteroatoms. The number of nitrogens with one attached hydrogen (secondary N) is 1. The monoisotopic (exact) mass is 273 g/mol. The fourth-order valence-electron chi connectivity index (χ4n) is 2.01. The molecule has 0 aromatic rings. The molecule has 0 aliphatic carbocycles. The first-order chi connectivity index (χ1) is 8.90. The Morgan fingerprint density at radius 1 is 0.895 bits per heavy atom. The summed E-state index contributed by atoms with van der Waals surface area (Å²) in [5.74, 6) is -1.46. The first-order valence-corrected chi connectivity index (χ1v) is 6.12. The second kappa shape index (κ2) is 7.08. The molecule has 0 saturated carbocycles. The summed E-state index contributed by atoms with van der Waals surface area (Å²) < 4.78 is 15.4. The third-order valence-electron chi connectivity index (χ3n) is 2.62. The average Bonchev–Trinajstić information content (AvgIpc) is 2.42. The van der Waals surface area contributed by atoms with Crippen LogP contribution in [0.4, 0.5) is 0 Å². The number of carbonyl (C=O) groups excluding carboxylic acids is 3. The quantitative estimate of drug-likeness (QED) is 0.561. The Balaban J connectivity index is 2.87. The van der Waals surface area contributed by atoms with E-state index < -0.39 is 36.2 Å². The molecule has 0 radical (unpaired) electrons. The molecule has 19 heavy (non-hydrogen) atoms. The molecule has 1 N–H and O–H groups in total. The van der Waals surface area contributed by atoms with Gasteiger partial charge in [0.25, 0.3) is 0 Å². The third-order valence-corrected chi connectivity index (χ3v) is 2.62. The Labute approximate surface area is 111 Å². The predicted octanol–water partition coefficient (Wildman–Crippen LogP) is -0.225. The lowest BCUT2D eigenvalue weighted by atomic mass is 10.1. The summed E-state index contributed by atoms with van der Waals surface area (Å²) in [7, 11) is 0. The molecular weight excluding hydrogens is 254 g/mol. The molecule has 108 valence electrons. The Morgan fingerprint density at radius 2 is 1.42 bits per heavy atom. The average molecular weight is 273 g/mol.